The van der Waals surface area contributed by atoms with E-state index in [0.717, 1.165) is 32.2 Å². The van der Waals surface area contributed by atoms with E-state index in [1.807, 2.05) is 4.90 Å². The van der Waals surface area contributed by atoms with E-state index in [2.05, 4.69) is 15.1 Å². The highest BCUT2D eigenvalue weighted by molar-refractivity contribution is 5.94. The summed E-state index contributed by atoms with van der Waals surface area (Å²) in [6.45, 7) is 2.49. The Labute approximate surface area is 123 Å². The predicted molar refractivity (Wildman–Crippen MR) is 75.5 cm³/mol. The number of carbonyl (C=O) groups is 1. The first-order chi connectivity index (χ1) is 10.3. The summed E-state index contributed by atoms with van der Waals surface area (Å²) in [7, 11) is 0. The van der Waals surface area contributed by atoms with E-state index in [4.69, 9.17) is 4.52 Å². The van der Waals surface area contributed by atoms with Gasteiger partial charge in [-0.05, 0) is 25.0 Å². The van der Waals surface area contributed by atoms with Gasteiger partial charge in [0.2, 0.25) is 5.89 Å². The lowest BCUT2D eigenvalue weighted by Gasteiger charge is -2.27. The van der Waals surface area contributed by atoms with Crippen molar-refractivity contribution < 1.29 is 9.32 Å². The highest BCUT2D eigenvalue weighted by Gasteiger charge is 2.30. The van der Waals surface area contributed by atoms with E-state index >= 15 is 0 Å². The number of likely N-dealkylation sites (tertiary alicyclic amines) is 1. The van der Waals surface area contributed by atoms with Gasteiger partial charge in [-0.25, -0.2) is 0 Å². The molecule has 3 heterocycles. The average molecular weight is 286 g/mol. The Hall–Kier alpha value is -2.24. The van der Waals surface area contributed by atoms with Crippen LogP contribution in [0.5, 0.6) is 0 Å². The molecule has 0 unspecified atom stereocenters. The first-order valence-corrected chi connectivity index (χ1v) is 7.27. The lowest BCUT2D eigenvalue weighted by atomic mass is 10.1. The van der Waals surface area contributed by atoms with Crippen LogP contribution >= 0.6 is 0 Å². The van der Waals surface area contributed by atoms with Crippen LogP contribution in [-0.2, 0) is 0 Å². The quantitative estimate of drug-likeness (QED) is 0.848. The topological polar surface area (TPSA) is 72.1 Å². The molecular weight excluding hydrogens is 268 g/mol. The fraction of sp³-hybridized carbons (Fsp3) is 0.467. The minimum absolute atomic E-state index is 0.00625. The van der Waals surface area contributed by atoms with Crippen LogP contribution in [0.15, 0.2) is 29.0 Å². The fourth-order valence-electron chi connectivity index (χ4n) is 2.73. The number of carbonyl (C=O) groups excluding carboxylic acids is 1. The van der Waals surface area contributed by atoms with E-state index in [9.17, 15) is 4.79 Å². The number of hydrogen-bond acceptors (Lipinski definition) is 5. The minimum Gasteiger partial charge on any atom is -0.340 e. The van der Waals surface area contributed by atoms with Crippen molar-refractivity contribution in [1.29, 1.82) is 0 Å². The molecule has 0 spiro atoms. The van der Waals surface area contributed by atoms with Crippen molar-refractivity contribution in [3.8, 4) is 0 Å². The molecule has 6 heteroatoms. The number of pyridine rings is 1. The van der Waals surface area contributed by atoms with E-state index in [1.165, 1.54) is 0 Å². The first-order valence-electron chi connectivity index (χ1n) is 7.27. The zero-order valence-electron chi connectivity index (χ0n) is 12.0. The molecule has 6 nitrogen and oxygen atoms in total. The Morgan fingerprint density at radius 1 is 1.29 bits per heavy atom. The number of rotatable bonds is 2. The summed E-state index contributed by atoms with van der Waals surface area (Å²) < 4.78 is 5.08. The maximum absolute atomic E-state index is 12.8. The second-order valence-corrected chi connectivity index (χ2v) is 5.27. The van der Waals surface area contributed by atoms with Crippen LogP contribution in [0.25, 0.3) is 0 Å². The van der Waals surface area contributed by atoms with Gasteiger partial charge >= 0.3 is 0 Å². The van der Waals surface area contributed by atoms with E-state index in [-0.39, 0.29) is 11.9 Å². The molecule has 0 aromatic carbocycles. The van der Waals surface area contributed by atoms with Crippen LogP contribution in [0, 0.1) is 6.92 Å². The molecule has 1 saturated heterocycles. The highest BCUT2D eigenvalue weighted by Crippen LogP contribution is 2.29. The van der Waals surface area contributed by atoms with E-state index in [1.54, 1.807) is 31.5 Å². The lowest BCUT2D eigenvalue weighted by Crippen LogP contribution is -2.35. The summed E-state index contributed by atoms with van der Waals surface area (Å²) in [4.78, 5) is 22.9. The highest BCUT2D eigenvalue weighted by atomic mass is 16.5. The molecule has 1 atom stereocenters. The van der Waals surface area contributed by atoms with Crippen molar-refractivity contribution in [3.63, 3.8) is 0 Å². The zero-order valence-corrected chi connectivity index (χ0v) is 12.0. The number of amides is 1. The lowest BCUT2D eigenvalue weighted by molar-refractivity contribution is 0.0670. The van der Waals surface area contributed by atoms with Crippen molar-refractivity contribution in [2.45, 2.75) is 38.6 Å². The molecule has 3 rings (SSSR count). The third-order valence-corrected chi connectivity index (χ3v) is 3.78. The summed E-state index contributed by atoms with van der Waals surface area (Å²) >= 11 is 0. The minimum atomic E-state index is -0.106. The molecule has 0 saturated carbocycles. The van der Waals surface area contributed by atoms with Crippen molar-refractivity contribution in [1.82, 2.24) is 20.0 Å². The summed E-state index contributed by atoms with van der Waals surface area (Å²) in [6.07, 6.45) is 7.34. The third kappa shape index (κ3) is 2.94. The molecule has 0 N–H and O–H groups in total. The van der Waals surface area contributed by atoms with Gasteiger partial charge in [-0.1, -0.05) is 18.0 Å². The second-order valence-electron chi connectivity index (χ2n) is 5.27. The van der Waals surface area contributed by atoms with E-state index in [0.29, 0.717) is 17.3 Å². The normalized spacial score (nSPS) is 19.3. The summed E-state index contributed by atoms with van der Waals surface area (Å²) in [5.74, 6) is 1.15. The SMILES string of the molecule is Cc1nc([C@H]2CCCCCN2C(=O)c2ccncc2)no1. The van der Waals surface area contributed by atoms with Crippen molar-refractivity contribution in [2.75, 3.05) is 6.54 Å². The molecule has 0 radical (unpaired) electrons. The van der Waals surface area contributed by atoms with Gasteiger partial charge in [0, 0.05) is 31.4 Å². The van der Waals surface area contributed by atoms with Gasteiger partial charge in [0.25, 0.3) is 5.91 Å². The first kappa shape index (κ1) is 13.7. The molecule has 0 bridgehead atoms. The molecule has 21 heavy (non-hydrogen) atoms. The number of aryl methyl sites for hydroxylation is 1. The van der Waals surface area contributed by atoms with Gasteiger partial charge in [-0.15, -0.1) is 0 Å². The van der Waals surface area contributed by atoms with Crippen LogP contribution in [0.3, 0.4) is 0 Å². The predicted octanol–water partition coefficient (Wildman–Crippen LogP) is 2.53. The Balaban J connectivity index is 1.90. The summed E-state index contributed by atoms with van der Waals surface area (Å²) in [5, 5.41) is 4.02. The summed E-state index contributed by atoms with van der Waals surface area (Å²) in [5.41, 5.74) is 0.650. The summed E-state index contributed by atoms with van der Waals surface area (Å²) in [6, 6.07) is 3.38. The van der Waals surface area contributed by atoms with Crippen molar-refractivity contribution in [2.24, 2.45) is 0 Å². The zero-order chi connectivity index (χ0) is 14.7. The molecule has 110 valence electrons. The second kappa shape index (κ2) is 6.03. The van der Waals surface area contributed by atoms with Crippen LogP contribution in [0.1, 0.15) is 53.8 Å². The fourth-order valence-corrected chi connectivity index (χ4v) is 2.73. The molecule has 2 aromatic rings. The molecule has 1 fully saturated rings. The van der Waals surface area contributed by atoms with Crippen LogP contribution < -0.4 is 0 Å². The Morgan fingerprint density at radius 2 is 2.10 bits per heavy atom. The molecule has 1 aliphatic heterocycles. The molecule has 2 aromatic heterocycles. The number of hydrogen-bond donors (Lipinski definition) is 0. The van der Waals surface area contributed by atoms with Crippen LogP contribution in [0.4, 0.5) is 0 Å². The smallest absolute Gasteiger partial charge is 0.254 e. The van der Waals surface area contributed by atoms with Gasteiger partial charge in [0.15, 0.2) is 5.82 Å². The molecule has 0 aliphatic carbocycles. The van der Waals surface area contributed by atoms with Gasteiger partial charge in [-0.2, -0.15) is 4.98 Å². The monoisotopic (exact) mass is 286 g/mol. The number of aromatic nitrogens is 3. The van der Waals surface area contributed by atoms with Gasteiger partial charge in [0.05, 0.1) is 6.04 Å². The van der Waals surface area contributed by atoms with Gasteiger partial charge < -0.3 is 9.42 Å². The van der Waals surface area contributed by atoms with Gasteiger partial charge in [-0.3, -0.25) is 9.78 Å². The largest absolute Gasteiger partial charge is 0.340 e. The van der Waals surface area contributed by atoms with Crippen molar-refractivity contribution in [3.05, 3.63) is 41.8 Å². The molecule has 1 aliphatic rings. The standard InChI is InChI=1S/C15H18N4O2/c1-11-17-14(18-21-11)13-5-3-2-4-10-19(13)15(20)12-6-8-16-9-7-12/h6-9,13H,2-5,10H2,1H3/t13-/m1/s1. The van der Waals surface area contributed by atoms with Crippen LogP contribution in [-0.4, -0.2) is 32.5 Å². The Bertz CT molecular complexity index is 611. The van der Waals surface area contributed by atoms with Crippen LogP contribution in [0.2, 0.25) is 0 Å². The third-order valence-electron chi connectivity index (χ3n) is 3.78. The Kier molecular flexibility index (Phi) is 3.94. The van der Waals surface area contributed by atoms with Gasteiger partial charge in [0.1, 0.15) is 0 Å². The van der Waals surface area contributed by atoms with E-state index < -0.39 is 0 Å². The molecule has 1 amide bonds. The Morgan fingerprint density at radius 3 is 2.81 bits per heavy atom. The number of nitrogens with zero attached hydrogens (tertiary/aromatic N) is 4. The average Bonchev–Trinajstić information content (AvgIpc) is 2.80. The maximum atomic E-state index is 12.8. The van der Waals surface area contributed by atoms with Crippen molar-refractivity contribution >= 4 is 5.91 Å². The maximum Gasteiger partial charge on any atom is 0.254 e. The molecular formula is C15H18N4O2.